The Labute approximate surface area is 107 Å². The van der Waals surface area contributed by atoms with Gasteiger partial charge in [0, 0.05) is 27.5 Å². The van der Waals surface area contributed by atoms with E-state index in [1.165, 1.54) is 18.5 Å². The maximum atomic E-state index is 13.1. The van der Waals surface area contributed by atoms with Crippen molar-refractivity contribution in [2.45, 2.75) is 6.04 Å². The third-order valence-electron chi connectivity index (χ3n) is 2.74. The summed E-state index contributed by atoms with van der Waals surface area (Å²) in [4.78, 5) is 8.88. The number of aromatic nitrogens is 2. The minimum atomic E-state index is -0.272. The van der Waals surface area contributed by atoms with E-state index in [4.69, 9.17) is 5.73 Å². The lowest BCUT2D eigenvalue weighted by Crippen LogP contribution is -2.10. The van der Waals surface area contributed by atoms with Crippen molar-refractivity contribution in [1.82, 2.24) is 9.97 Å². The predicted molar refractivity (Wildman–Crippen MR) is 69.8 cm³/mol. The van der Waals surface area contributed by atoms with Crippen LogP contribution in [-0.4, -0.2) is 9.97 Å². The van der Waals surface area contributed by atoms with E-state index < -0.39 is 0 Å². The summed E-state index contributed by atoms with van der Waals surface area (Å²) in [6, 6.07) is 6.39. The molecule has 0 spiro atoms. The second-order valence-electron chi connectivity index (χ2n) is 3.98. The Bertz CT molecular complexity index is 681. The molecule has 0 radical (unpaired) electrons. The van der Waals surface area contributed by atoms with Crippen molar-refractivity contribution in [3.63, 3.8) is 0 Å². The monoisotopic (exact) mass is 259 g/mol. The standard InChI is InChI=1S/C13H10FN3S/c14-10-1-2-11-8(3-10)4-12(18-11)13(15)9-5-16-7-17-6-9/h1-7,13H,15H2. The fourth-order valence-electron chi connectivity index (χ4n) is 1.82. The van der Waals surface area contributed by atoms with Crippen LogP contribution >= 0.6 is 11.3 Å². The summed E-state index contributed by atoms with van der Waals surface area (Å²) in [5.41, 5.74) is 7.01. The van der Waals surface area contributed by atoms with E-state index in [9.17, 15) is 4.39 Å². The van der Waals surface area contributed by atoms with Gasteiger partial charge >= 0.3 is 0 Å². The fourth-order valence-corrected chi connectivity index (χ4v) is 2.90. The van der Waals surface area contributed by atoms with Crippen LogP contribution in [0.15, 0.2) is 43.0 Å². The van der Waals surface area contributed by atoms with Gasteiger partial charge in [0.05, 0.1) is 6.04 Å². The third-order valence-corrected chi connectivity index (χ3v) is 3.94. The van der Waals surface area contributed by atoms with Gasteiger partial charge in [-0.1, -0.05) is 0 Å². The molecular formula is C13H10FN3S. The highest BCUT2D eigenvalue weighted by Crippen LogP contribution is 2.31. The van der Waals surface area contributed by atoms with Crippen LogP contribution in [0.25, 0.3) is 10.1 Å². The Morgan fingerprint density at radius 1 is 1.17 bits per heavy atom. The summed E-state index contributed by atoms with van der Waals surface area (Å²) in [5, 5.41) is 0.877. The summed E-state index contributed by atoms with van der Waals surface area (Å²) in [5.74, 6) is -0.233. The first kappa shape index (κ1) is 11.3. The molecule has 3 nitrogen and oxygen atoms in total. The minimum Gasteiger partial charge on any atom is -0.320 e. The number of rotatable bonds is 2. The number of nitrogens with zero attached hydrogens (tertiary/aromatic N) is 2. The SMILES string of the molecule is NC(c1cncnc1)c1cc2cc(F)ccc2s1. The number of thiophene rings is 1. The van der Waals surface area contributed by atoms with Gasteiger partial charge in [-0.2, -0.15) is 0 Å². The molecule has 2 heterocycles. The maximum Gasteiger partial charge on any atom is 0.123 e. The molecule has 0 aliphatic rings. The van der Waals surface area contributed by atoms with E-state index in [1.54, 1.807) is 29.8 Å². The van der Waals surface area contributed by atoms with Crippen LogP contribution in [0.3, 0.4) is 0 Å². The summed E-state index contributed by atoms with van der Waals surface area (Å²) >= 11 is 1.56. The lowest BCUT2D eigenvalue weighted by molar-refractivity contribution is 0.630. The first-order chi connectivity index (χ1) is 8.74. The zero-order chi connectivity index (χ0) is 12.5. The Hall–Kier alpha value is -1.85. The number of halogens is 1. The van der Waals surface area contributed by atoms with Crippen molar-refractivity contribution >= 4 is 21.4 Å². The van der Waals surface area contributed by atoms with E-state index in [1.807, 2.05) is 6.07 Å². The third kappa shape index (κ3) is 1.98. The molecule has 18 heavy (non-hydrogen) atoms. The van der Waals surface area contributed by atoms with Crippen LogP contribution in [0.2, 0.25) is 0 Å². The summed E-state index contributed by atoms with van der Waals surface area (Å²) in [7, 11) is 0. The number of hydrogen-bond acceptors (Lipinski definition) is 4. The van der Waals surface area contributed by atoms with Crippen molar-refractivity contribution in [2.75, 3.05) is 0 Å². The van der Waals surface area contributed by atoms with Gasteiger partial charge in [0.1, 0.15) is 12.1 Å². The fraction of sp³-hybridized carbons (Fsp3) is 0.0769. The maximum absolute atomic E-state index is 13.1. The molecule has 0 aliphatic carbocycles. The van der Waals surface area contributed by atoms with Gasteiger partial charge in [0.25, 0.3) is 0 Å². The highest BCUT2D eigenvalue weighted by Gasteiger charge is 2.13. The normalized spacial score (nSPS) is 12.8. The molecule has 1 aromatic carbocycles. The van der Waals surface area contributed by atoms with Crippen LogP contribution in [0.4, 0.5) is 4.39 Å². The van der Waals surface area contributed by atoms with E-state index in [0.29, 0.717) is 0 Å². The molecule has 0 bridgehead atoms. The van der Waals surface area contributed by atoms with E-state index >= 15 is 0 Å². The molecule has 0 saturated carbocycles. The topological polar surface area (TPSA) is 51.8 Å². The van der Waals surface area contributed by atoms with Crippen LogP contribution in [0.5, 0.6) is 0 Å². The first-order valence-corrected chi connectivity index (χ1v) is 6.25. The molecule has 1 atom stereocenters. The molecule has 2 N–H and O–H groups in total. The smallest absolute Gasteiger partial charge is 0.123 e. The van der Waals surface area contributed by atoms with Gasteiger partial charge in [-0.3, -0.25) is 0 Å². The Morgan fingerprint density at radius 2 is 1.94 bits per heavy atom. The van der Waals surface area contributed by atoms with E-state index in [2.05, 4.69) is 9.97 Å². The minimum absolute atomic E-state index is 0.233. The molecule has 3 aromatic rings. The van der Waals surface area contributed by atoms with Gasteiger partial charge in [0.15, 0.2) is 0 Å². The van der Waals surface area contributed by atoms with Crippen molar-refractivity contribution in [3.05, 3.63) is 59.2 Å². The number of benzene rings is 1. The number of fused-ring (bicyclic) bond motifs is 1. The zero-order valence-electron chi connectivity index (χ0n) is 9.38. The van der Waals surface area contributed by atoms with Crippen LogP contribution in [-0.2, 0) is 0 Å². The molecule has 0 aliphatic heterocycles. The van der Waals surface area contributed by atoms with E-state index in [-0.39, 0.29) is 11.9 Å². The molecule has 1 unspecified atom stereocenters. The lowest BCUT2D eigenvalue weighted by atomic mass is 10.1. The zero-order valence-corrected chi connectivity index (χ0v) is 10.2. The second-order valence-corrected chi connectivity index (χ2v) is 5.10. The molecule has 5 heteroatoms. The van der Waals surface area contributed by atoms with Crippen molar-refractivity contribution < 1.29 is 4.39 Å². The van der Waals surface area contributed by atoms with Gasteiger partial charge in [-0.05, 0) is 29.7 Å². The van der Waals surface area contributed by atoms with E-state index in [0.717, 1.165) is 20.5 Å². The van der Waals surface area contributed by atoms with Gasteiger partial charge in [-0.15, -0.1) is 11.3 Å². The highest BCUT2D eigenvalue weighted by molar-refractivity contribution is 7.19. The van der Waals surface area contributed by atoms with Gasteiger partial charge in [0.2, 0.25) is 0 Å². The average Bonchev–Trinajstić information content (AvgIpc) is 2.81. The molecule has 0 saturated heterocycles. The molecule has 3 rings (SSSR count). The molecule has 90 valence electrons. The number of nitrogens with two attached hydrogens (primary N) is 1. The van der Waals surface area contributed by atoms with Crippen LogP contribution in [0, 0.1) is 5.82 Å². The Balaban J connectivity index is 2.04. The molecule has 2 aromatic heterocycles. The highest BCUT2D eigenvalue weighted by atomic mass is 32.1. The van der Waals surface area contributed by atoms with Crippen LogP contribution < -0.4 is 5.73 Å². The van der Waals surface area contributed by atoms with Crippen LogP contribution in [0.1, 0.15) is 16.5 Å². The second kappa shape index (κ2) is 4.44. The largest absolute Gasteiger partial charge is 0.320 e. The van der Waals surface area contributed by atoms with Crippen molar-refractivity contribution in [1.29, 1.82) is 0 Å². The Kier molecular flexibility index (Phi) is 2.77. The predicted octanol–water partition coefficient (Wildman–Crippen LogP) is 2.88. The number of hydrogen-bond donors (Lipinski definition) is 1. The average molecular weight is 259 g/mol. The van der Waals surface area contributed by atoms with Crippen molar-refractivity contribution in [3.8, 4) is 0 Å². The van der Waals surface area contributed by atoms with Crippen molar-refractivity contribution in [2.24, 2.45) is 5.73 Å². The molecular weight excluding hydrogens is 249 g/mol. The summed E-state index contributed by atoms with van der Waals surface area (Å²) in [6.45, 7) is 0. The quantitative estimate of drug-likeness (QED) is 0.770. The summed E-state index contributed by atoms with van der Waals surface area (Å²) < 4.78 is 14.1. The molecule has 0 amide bonds. The molecule has 0 fully saturated rings. The first-order valence-electron chi connectivity index (χ1n) is 5.43. The van der Waals surface area contributed by atoms with Gasteiger partial charge in [-0.25, -0.2) is 14.4 Å². The van der Waals surface area contributed by atoms with Gasteiger partial charge < -0.3 is 5.73 Å². The Morgan fingerprint density at radius 3 is 2.72 bits per heavy atom. The summed E-state index contributed by atoms with van der Waals surface area (Å²) in [6.07, 6.45) is 4.86. The lowest BCUT2D eigenvalue weighted by Gasteiger charge is -2.07.